The maximum Gasteiger partial charge on any atom is 0.270 e. The van der Waals surface area contributed by atoms with Crippen LogP contribution in [-0.2, 0) is 0 Å². The number of aromatic amines is 2. The van der Waals surface area contributed by atoms with E-state index in [9.17, 15) is 4.79 Å². The van der Waals surface area contributed by atoms with Crippen molar-refractivity contribution in [1.82, 2.24) is 24.8 Å². The quantitative estimate of drug-likeness (QED) is 0.704. The van der Waals surface area contributed by atoms with Gasteiger partial charge in [-0.25, -0.2) is 9.97 Å². The van der Waals surface area contributed by atoms with E-state index in [0.717, 1.165) is 35.4 Å². The molecule has 3 aromatic rings. The van der Waals surface area contributed by atoms with Crippen molar-refractivity contribution in [3.05, 3.63) is 36.5 Å². The van der Waals surface area contributed by atoms with Crippen molar-refractivity contribution in [3.63, 3.8) is 0 Å². The summed E-state index contributed by atoms with van der Waals surface area (Å²) in [5.41, 5.74) is 3.10. The number of aromatic nitrogens is 4. The van der Waals surface area contributed by atoms with Gasteiger partial charge in [-0.15, -0.1) is 0 Å². The summed E-state index contributed by atoms with van der Waals surface area (Å²) in [4.78, 5) is 29.7. The van der Waals surface area contributed by atoms with E-state index < -0.39 is 0 Å². The van der Waals surface area contributed by atoms with E-state index in [1.807, 2.05) is 29.4 Å². The van der Waals surface area contributed by atoms with E-state index >= 15 is 0 Å². The molecule has 6 nitrogen and oxygen atoms in total. The molecule has 6 heteroatoms. The molecule has 0 unspecified atom stereocenters. The second-order valence-electron chi connectivity index (χ2n) is 7.26. The van der Waals surface area contributed by atoms with E-state index in [4.69, 9.17) is 0 Å². The van der Waals surface area contributed by atoms with Crippen LogP contribution in [0.4, 0.5) is 0 Å². The van der Waals surface area contributed by atoms with Gasteiger partial charge in [-0.1, -0.05) is 27.7 Å². The van der Waals surface area contributed by atoms with Gasteiger partial charge in [0.1, 0.15) is 17.7 Å². The number of H-pyrrole nitrogens is 2. The standard InChI is InChI=1S/C19H25N5O.2H2/c1-12(2)9-24(10-13(3)4)19(25)16-7-14(8-21-16)17-15-5-6-20-18(15)23-11-22-17;;/h5-8,11-13,21H,9-10H2,1-4H3,(H,20,22,23);2*1H. The number of nitrogens with one attached hydrogen (secondary N) is 2. The maximum absolute atomic E-state index is 12.9. The number of carbonyl (C=O) groups excluding carboxylic acids is 1. The van der Waals surface area contributed by atoms with Crippen LogP contribution < -0.4 is 0 Å². The summed E-state index contributed by atoms with van der Waals surface area (Å²) in [6.07, 6.45) is 5.21. The van der Waals surface area contributed by atoms with E-state index in [-0.39, 0.29) is 8.76 Å². The van der Waals surface area contributed by atoms with E-state index in [1.54, 1.807) is 0 Å². The number of hydrogen-bond donors (Lipinski definition) is 2. The van der Waals surface area contributed by atoms with Crippen LogP contribution in [0.3, 0.4) is 0 Å². The van der Waals surface area contributed by atoms with Crippen LogP contribution in [0.15, 0.2) is 30.9 Å². The average molecular weight is 343 g/mol. The monoisotopic (exact) mass is 343 g/mol. The Balaban J connectivity index is 0.00000182. The van der Waals surface area contributed by atoms with E-state index in [1.165, 1.54) is 6.33 Å². The highest BCUT2D eigenvalue weighted by molar-refractivity contribution is 5.96. The molecular formula is C19H29N5O. The lowest BCUT2D eigenvalue weighted by atomic mass is 10.1. The third-order valence-electron chi connectivity index (χ3n) is 4.00. The fourth-order valence-corrected chi connectivity index (χ4v) is 3.05. The van der Waals surface area contributed by atoms with Gasteiger partial charge in [-0.05, 0) is 24.0 Å². The zero-order valence-corrected chi connectivity index (χ0v) is 15.2. The van der Waals surface area contributed by atoms with Crippen molar-refractivity contribution in [2.45, 2.75) is 27.7 Å². The molecule has 0 atom stereocenters. The van der Waals surface area contributed by atoms with Crippen molar-refractivity contribution >= 4 is 16.9 Å². The van der Waals surface area contributed by atoms with Crippen LogP contribution in [-0.4, -0.2) is 43.8 Å². The van der Waals surface area contributed by atoms with Gasteiger partial charge in [-0.3, -0.25) is 4.79 Å². The number of rotatable bonds is 6. The van der Waals surface area contributed by atoms with Crippen LogP contribution >= 0.6 is 0 Å². The topological polar surface area (TPSA) is 77.7 Å². The summed E-state index contributed by atoms with van der Waals surface area (Å²) in [6.45, 7) is 10.0. The molecule has 0 spiro atoms. The Labute approximate surface area is 150 Å². The molecule has 0 saturated heterocycles. The van der Waals surface area contributed by atoms with Crippen molar-refractivity contribution in [3.8, 4) is 11.3 Å². The molecule has 25 heavy (non-hydrogen) atoms. The molecular weight excluding hydrogens is 314 g/mol. The molecule has 0 aliphatic heterocycles. The van der Waals surface area contributed by atoms with Gasteiger partial charge in [0, 0.05) is 39.3 Å². The molecule has 3 aromatic heterocycles. The Kier molecular flexibility index (Phi) is 4.88. The molecule has 1 amide bonds. The largest absolute Gasteiger partial charge is 0.357 e. The minimum atomic E-state index is 0. The molecule has 2 N–H and O–H groups in total. The summed E-state index contributed by atoms with van der Waals surface area (Å²) in [6, 6.07) is 3.83. The van der Waals surface area contributed by atoms with Crippen LogP contribution in [0.1, 0.15) is 41.0 Å². The molecule has 0 saturated carbocycles. The van der Waals surface area contributed by atoms with Gasteiger partial charge >= 0.3 is 0 Å². The van der Waals surface area contributed by atoms with Crippen molar-refractivity contribution < 1.29 is 7.65 Å². The molecule has 0 aliphatic rings. The highest BCUT2D eigenvalue weighted by Crippen LogP contribution is 2.25. The van der Waals surface area contributed by atoms with Crippen LogP contribution in [0, 0.1) is 11.8 Å². The third kappa shape index (κ3) is 3.73. The van der Waals surface area contributed by atoms with Crippen LogP contribution in [0.2, 0.25) is 0 Å². The highest BCUT2D eigenvalue weighted by atomic mass is 16.2. The Morgan fingerprint density at radius 1 is 1.16 bits per heavy atom. The summed E-state index contributed by atoms with van der Waals surface area (Å²) >= 11 is 0. The molecule has 3 heterocycles. The van der Waals surface area contributed by atoms with E-state index in [0.29, 0.717) is 17.5 Å². The first kappa shape index (κ1) is 17.2. The minimum Gasteiger partial charge on any atom is -0.357 e. The first-order chi connectivity index (χ1) is 12.0. The van der Waals surface area contributed by atoms with Gasteiger partial charge in [0.2, 0.25) is 0 Å². The number of amides is 1. The highest BCUT2D eigenvalue weighted by Gasteiger charge is 2.20. The number of fused-ring (bicyclic) bond motifs is 1. The summed E-state index contributed by atoms with van der Waals surface area (Å²) in [5, 5.41) is 0.946. The van der Waals surface area contributed by atoms with E-state index in [2.05, 4.69) is 47.6 Å². The lowest BCUT2D eigenvalue weighted by Gasteiger charge is -2.25. The molecule has 0 radical (unpaired) electrons. The first-order valence-corrected chi connectivity index (χ1v) is 8.72. The lowest BCUT2D eigenvalue weighted by Crippen LogP contribution is -2.37. The fraction of sp³-hybridized carbons (Fsp3) is 0.421. The average Bonchev–Trinajstić information content (AvgIpc) is 3.21. The molecule has 0 bridgehead atoms. The zero-order valence-electron chi connectivity index (χ0n) is 15.2. The lowest BCUT2D eigenvalue weighted by molar-refractivity contribution is 0.0710. The molecule has 136 valence electrons. The Bertz CT molecular complexity index is 862. The normalized spacial score (nSPS) is 11.6. The third-order valence-corrected chi connectivity index (χ3v) is 4.00. The Morgan fingerprint density at radius 2 is 1.88 bits per heavy atom. The predicted molar refractivity (Wildman–Crippen MR) is 103 cm³/mol. The van der Waals surface area contributed by atoms with Gasteiger partial charge in [0.25, 0.3) is 5.91 Å². The predicted octanol–water partition coefficient (Wildman–Crippen LogP) is 4.20. The second kappa shape index (κ2) is 7.09. The SMILES string of the molecule is CC(C)CN(CC(C)C)C(=O)c1cc(-c2ncnc3[nH]ccc23)c[nH]1.[HH].[HH]. The van der Waals surface area contributed by atoms with Crippen LogP contribution in [0.25, 0.3) is 22.3 Å². The first-order valence-electron chi connectivity index (χ1n) is 8.72. The van der Waals surface area contributed by atoms with Gasteiger partial charge in [-0.2, -0.15) is 0 Å². The van der Waals surface area contributed by atoms with Crippen molar-refractivity contribution in [2.24, 2.45) is 11.8 Å². The molecule has 0 fully saturated rings. The van der Waals surface area contributed by atoms with Gasteiger partial charge in [0.05, 0.1) is 5.69 Å². The Morgan fingerprint density at radius 3 is 2.56 bits per heavy atom. The summed E-state index contributed by atoms with van der Waals surface area (Å²) in [7, 11) is 0. The smallest absolute Gasteiger partial charge is 0.270 e. The van der Waals surface area contributed by atoms with Gasteiger partial charge < -0.3 is 14.9 Å². The number of carbonyl (C=O) groups is 1. The number of nitrogens with zero attached hydrogens (tertiary/aromatic N) is 3. The Hall–Kier alpha value is -2.63. The molecule has 3 rings (SSSR count). The second-order valence-corrected chi connectivity index (χ2v) is 7.26. The summed E-state index contributed by atoms with van der Waals surface area (Å²) in [5.74, 6) is 0.893. The fourth-order valence-electron chi connectivity index (χ4n) is 3.05. The summed E-state index contributed by atoms with van der Waals surface area (Å²) < 4.78 is 0. The van der Waals surface area contributed by atoms with Crippen molar-refractivity contribution in [2.75, 3.05) is 13.1 Å². The maximum atomic E-state index is 12.9. The number of hydrogen-bond acceptors (Lipinski definition) is 3. The van der Waals surface area contributed by atoms with Crippen molar-refractivity contribution in [1.29, 1.82) is 0 Å². The molecule has 0 aliphatic carbocycles. The van der Waals surface area contributed by atoms with Gasteiger partial charge in [0.15, 0.2) is 0 Å². The minimum absolute atomic E-state index is 0. The molecule has 0 aromatic carbocycles. The zero-order chi connectivity index (χ0) is 18.0. The van der Waals surface area contributed by atoms with Crippen LogP contribution in [0.5, 0.6) is 0 Å².